The highest BCUT2D eigenvalue weighted by atomic mass is 15.0. The molecule has 106 valence electrons. The largest absolute Gasteiger partial charge is 0.367 e. The van der Waals surface area contributed by atoms with Gasteiger partial charge in [-0.1, -0.05) is 24.3 Å². The predicted octanol–water partition coefficient (Wildman–Crippen LogP) is 2.56. The second-order valence-electron chi connectivity index (χ2n) is 5.30. The van der Waals surface area contributed by atoms with Crippen molar-refractivity contribution in [3.8, 4) is 6.07 Å². The molecule has 1 aromatic heterocycles. The molecule has 3 rings (SSSR count). The normalized spacial score (nSPS) is 16.9. The number of hydrogen-bond acceptors (Lipinski definition) is 4. The predicted molar refractivity (Wildman–Crippen MR) is 83.1 cm³/mol. The van der Waals surface area contributed by atoms with Crippen LogP contribution in [0, 0.1) is 18.3 Å². The summed E-state index contributed by atoms with van der Waals surface area (Å²) in [5.41, 5.74) is 4.24. The van der Waals surface area contributed by atoms with E-state index in [2.05, 4.69) is 46.0 Å². The monoisotopic (exact) mass is 278 g/mol. The first kappa shape index (κ1) is 13.6. The van der Waals surface area contributed by atoms with Gasteiger partial charge in [0.15, 0.2) is 0 Å². The minimum absolute atomic E-state index is 0.254. The van der Waals surface area contributed by atoms with Crippen molar-refractivity contribution in [2.24, 2.45) is 0 Å². The molecule has 4 nitrogen and oxygen atoms in total. The summed E-state index contributed by atoms with van der Waals surface area (Å²) >= 11 is 0. The number of pyridine rings is 1. The zero-order valence-electron chi connectivity index (χ0n) is 12.1. The van der Waals surface area contributed by atoms with Crippen LogP contribution in [0.4, 0.5) is 5.82 Å². The van der Waals surface area contributed by atoms with Gasteiger partial charge in [-0.15, -0.1) is 0 Å². The number of nitriles is 1. The van der Waals surface area contributed by atoms with Crippen molar-refractivity contribution >= 4 is 5.82 Å². The van der Waals surface area contributed by atoms with Gasteiger partial charge in [-0.2, -0.15) is 5.26 Å². The first-order chi connectivity index (χ1) is 10.3. The van der Waals surface area contributed by atoms with Gasteiger partial charge >= 0.3 is 0 Å². The molecule has 2 aromatic rings. The lowest BCUT2D eigenvalue weighted by Crippen LogP contribution is -2.34. The lowest BCUT2D eigenvalue weighted by Gasteiger charge is -2.27. The molecule has 4 heteroatoms. The van der Waals surface area contributed by atoms with Crippen molar-refractivity contribution in [3.63, 3.8) is 0 Å². The molecule has 2 heterocycles. The quantitative estimate of drug-likeness (QED) is 0.906. The summed E-state index contributed by atoms with van der Waals surface area (Å²) < 4.78 is 0. The van der Waals surface area contributed by atoms with Crippen molar-refractivity contribution in [1.82, 2.24) is 10.3 Å². The Bertz CT molecular complexity index is 687. The topological polar surface area (TPSA) is 60.7 Å². The summed E-state index contributed by atoms with van der Waals surface area (Å²) in [5.74, 6) is 0.669. The maximum absolute atomic E-state index is 9.16. The molecule has 1 aliphatic heterocycles. The van der Waals surface area contributed by atoms with Crippen LogP contribution in [0.15, 0.2) is 36.4 Å². The zero-order valence-corrected chi connectivity index (χ0v) is 12.1. The maximum atomic E-state index is 9.16. The van der Waals surface area contributed by atoms with E-state index in [1.807, 2.05) is 19.1 Å². The Kier molecular flexibility index (Phi) is 3.85. The molecule has 0 saturated carbocycles. The van der Waals surface area contributed by atoms with Gasteiger partial charge in [-0.25, -0.2) is 4.98 Å². The van der Waals surface area contributed by atoms with Crippen LogP contribution < -0.4 is 10.6 Å². The van der Waals surface area contributed by atoms with Crippen LogP contribution in [-0.2, 0) is 6.42 Å². The summed E-state index contributed by atoms with van der Waals surface area (Å²) in [5, 5.41) is 16.0. The van der Waals surface area contributed by atoms with E-state index in [1.165, 1.54) is 11.1 Å². The molecule has 0 saturated heterocycles. The van der Waals surface area contributed by atoms with E-state index in [9.17, 15) is 0 Å². The lowest BCUT2D eigenvalue weighted by molar-refractivity contribution is 0.523. The van der Waals surface area contributed by atoms with Crippen molar-refractivity contribution in [2.75, 3.05) is 18.4 Å². The standard InChI is InChI=1S/C17H18N4/c1-12-6-7-14(10-18)17(21-12)20-11-16-15-5-3-2-4-13(15)8-9-19-16/h2-7,16,19H,8-9,11H2,1H3,(H,20,21). The fourth-order valence-corrected chi connectivity index (χ4v) is 2.76. The summed E-state index contributed by atoms with van der Waals surface area (Å²) in [7, 11) is 0. The van der Waals surface area contributed by atoms with E-state index < -0.39 is 0 Å². The van der Waals surface area contributed by atoms with Crippen molar-refractivity contribution in [1.29, 1.82) is 5.26 Å². The van der Waals surface area contributed by atoms with Crippen LogP contribution in [0.25, 0.3) is 0 Å². The lowest BCUT2D eigenvalue weighted by atomic mass is 9.94. The molecule has 1 atom stereocenters. The molecule has 0 radical (unpaired) electrons. The van der Waals surface area contributed by atoms with Crippen molar-refractivity contribution in [2.45, 2.75) is 19.4 Å². The SMILES string of the molecule is Cc1ccc(C#N)c(NCC2NCCc3ccccc32)n1. The smallest absolute Gasteiger partial charge is 0.144 e. The molecule has 0 fully saturated rings. The molecule has 0 amide bonds. The second kappa shape index (κ2) is 5.94. The van der Waals surface area contributed by atoms with E-state index in [0.717, 1.165) is 25.2 Å². The van der Waals surface area contributed by atoms with Crippen LogP contribution >= 0.6 is 0 Å². The number of hydrogen-bond donors (Lipinski definition) is 2. The van der Waals surface area contributed by atoms with Gasteiger partial charge in [-0.05, 0) is 43.1 Å². The highest BCUT2D eigenvalue weighted by Crippen LogP contribution is 2.23. The summed E-state index contributed by atoms with van der Waals surface area (Å²) in [6.45, 7) is 3.64. The number of nitrogens with one attached hydrogen (secondary N) is 2. The Hall–Kier alpha value is -2.38. The van der Waals surface area contributed by atoms with Gasteiger partial charge in [0, 0.05) is 18.3 Å². The van der Waals surface area contributed by atoms with Crippen LogP contribution in [0.5, 0.6) is 0 Å². The van der Waals surface area contributed by atoms with Gasteiger partial charge in [0.25, 0.3) is 0 Å². The second-order valence-corrected chi connectivity index (χ2v) is 5.30. The number of nitrogens with zero attached hydrogens (tertiary/aromatic N) is 2. The van der Waals surface area contributed by atoms with E-state index in [4.69, 9.17) is 5.26 Å². The van der Waals surface area contributed by atoms with E-state index in [-0.39, 0.29) is 6.04 Å². The third-order valence-electron chi connectivity index (χ3n) is 3.84. The minimum Gasteiger partial charge on any atom is -0.367 e. The highest BCUT2D eigenvalue weighted by Gasteiger charge is 2.19. The molecule has 21 heavy (non-hydrogen) atoms. The minimum atomic E-state index is 0.254. The molecule has 0 bridgehead atoms. The van der Waals surface area contributed by atoms with E-state index in [0.29, 0.717) is 11.4 Å². The fourth-order valence-electron chi connectivity index (χ4n) is 2.76. The fraction of sp³-hybridized carbons (Fsp3) is 0.294. The first-order valence-corrected chi connectivity index (χ1v) is 7.21. The van der Waals surface area contributed by atoms with Crippen molar-refractivity contribution < 1.29 is 0 Å². The number of benzene rings is 1. The number of fused-ring (bicyclic) bond motifs is 1. The first-order valence-electron chi connectivity index (χ1n) is 7.21. The van der Waals surface area contributed by atoms with Gasteiger partial charge in [0.05, 0.1) is 5.56 Å². The average Bonchev–Trinajstić information content (AvgIpc) is 2.53. The molecular formula is C17H18N4. The molecule has 0 aliphatic carbocycles. The Morgan fingerprint density at radius 3 is 3.05 bits per heavy atom. The molecule has 2 N–H and O–H groups in total. The summed E-state index contributed by atoms with van der Waals surface area (Å²) in [6.07, 6.45) is 1.07. The number of anilines is 1. The molecule has 1 aromatic carbocycles. The summed E-state index contributed by atoms with van der Waals surface area (Å²) in [6, 6.07) is 14.6. The summed E-state index contributed by atoms with van der Waals surface area (Å²) in [4.78, 5) is 4.42. The third kappa shape index (κ3) is 2.88. The number of aryl methyl sites for hydroxylation is 1. The Morgan fingerprint density at radius 2 is 2.19 bits per heavy atom. The molecular weight excluding hydrogens is 260 g/mol. The van der Waals surface area contributed by atoms with Gasteiger partial charge in [-0.3, -0.25) is 0 Å². The Morgan fingerprint density at radius 1 is 1.33 bits per heavy atom. The van der Waals surface area contributed by atoms with Gasteiger partial charge < -0.3 is 10.6 Å². The molecule has 1 aliphatic rings. The maximum Gasteiger partial charge on any atom is 0.144 e. The van der Waals surface area contributed by atoms with Gasteiger partial charge in [0.2, 0.25) is 0 Å². The van der Waals surface area contributed by atoms with E-state index in [1.54, 1.807) is 0 Å². The highest BCUT2D eigenvalue weighted by molar-refractivity contribution is 5.52. The zero-order chi connectivity index (χ0) is 14.7. The average molecular weight is 278 g/mol. The molecule has 0 spiro atoms. The number of rotatable bonds is 3. The Labute approximate surface area is 124 Å². The van der Waals surface area contributed by atoms with Crippen LogP contribution in [0.3, 0.4) is 0 Å². The van der Waals surface area contributed by atoms with Gasteiger partial charge in [0.1, 0.15) is 11.9 Å². The van der Waals surface area contributed by atoms with Crippen LogP contribution in [0.2, 0.25) is 0 Å². The van der Waals surface area contributed by atoms with Crippen LogP contribution in [-0.4, -0.2) is 18.1 Å². The number of aromatic nitrogens is 1. The Balaban J connectivity index is 1.78. The van der Waals surface area contributed by atoms with Crippen molar-refractivity contribution in [3.05, 3.63) is 58.8 Å². The molecule has 1 unspecified atom stereocenters. The third-order valence-corrected chi connectivity index (χ3v) is 3.84. The van der Waals surface area contributed by atoms with E-state index >= 15 is 0 Å². The van der Waals surface area contributed by atoms with Crippen LogP contribution in [0.1, 0.15) is 28.4 Å².